The van der Waals surface area contributed by atoms with E-state index in [1.54, 1.807) is 24.3 Å². The lowest BCUT2D eigenvalue weighted by Crippen LogP contribution is -1.73. The van der Waals surface area contributed by atoms with Crippen molar-refractivity contribution in [3.63, 3.8) is 0 Å². The molecule has 4 heteroatoms. The van der Waals surface area contributed by atoms with Crippen molar-refractivity contribution in [2.24, 2.45) is 0 Å². The Labute approximate surface area is 97.4 Å². The zero-order chi connectivity index (χ0) is 13.0. The fourth-order valence-corrected chi connectivity index (χ4v) is 1.03. The Kier molecular flexibility index (Phi) is 11.2. The third-order valence-corrected chi connectivity index (χ3v) is 1.73. The van der Waals surface area contributed by atoms with Crippen molar-refractivity contribution in [2.45, 2.75) is 13.8 Å². The summed E-state index contributed by atoms with van der Waals surface area (Å²) in [5.41, 5.74) is 0.642. The molecular formula is C12H19O3P. The van der Waals surface area contributed by atoms with Gasteiger partial charge >= 0.3 is 7.60 Å². The molecule has 0 aliphatic carbocycles. The number of hydrogen-bond acceptors (Lipinski definition) is 1. The molecule has 0 atom stereocenters. The van der Waals surface area contributed by atoms with E-state index in [9.17, 15) is 4.57 Å². The molecule has 2 N–H and O–H groups in total. The lowest BCUT2D eigenvalue weighted by Gasteiger charge is -1.95. The highest BCUT2D eigenvalue weighted by atomic mass is 31.2. The Balaban J connectivity index is 0. The topological polar surface area (TPSA) is 57.5 Å². The highest BCUT2D eigenvalue weighted by Gasteiger charge is 2.04. The van der Waals surface area contributed by atoms with Crippen LogP contribution >= 0.6 is 7.60 Å². The number of hydrogen-bond donors (Lipinski definition) is 2. The molecule has 0 spiro atoms. The van der Waals surface area contributed by atoms with Crippen molar-refractivity contribution >= 4 is 7.60 Å². The molecule has 0 radical (unpaired) electrons. The van der Waals surface area contributed by atoms with E-state index in [0.29, 0.717) is 5.57 Å². The summed E-state index contributed by atoms with van der Waals surface area (Å²) in [6, 6.07) is 0. The van der Waals surface area contributed by atoms with Crippen LogP contribution < -0.4 is 0 Å². The SMILES string of the molecule is C=C\C=C/C(/C=C/P(=O)(O)O)=C\C=C.CC. The van der Waals surface area contributed by atoms with E-state index in [-0.39, 0.29) is 0 Å². The van der Waals surface area contributed by atoms with Gasteiger partial charge in [-0.2, -0.15) is 0 Å². The summed E-state index contributed by atoms with van der Waals surface area (Å²) in [6.45, 7) is 11.0. The van der Waals surface area contributed by atoms with Crippen LogP contribution in [0.3, 0.4) is 0 Å². The van der Waals surface area contributed by atoms with Gasteiger partial charge in [-0.05, 0) is 11.6 Å². The van der Waals surface area contributed by atoms with Gasteiger partial charge in [-0.3, -0.25) is 4.57 Å². The molecule has 0 aliphatic heterocycles. The Morgan fingerprint density at radius 3 is 2.06 bits per heavy atom. The van der Waals surface area contributed by atoms with Gasteiger partial charge in [0, 0.05) is 5.82 Å². The van der Waals surface area contributed by atoms with E-state index >= 15 is 0 Å². The van der Waals surface area contributed by atoms with Gasteiger partial charge in [0.05, 0.1) is 0 Å². The van der Waals surface area contributed by atoms with Crippen molar-refractivity contribution < 1.29 is 14.4 Å². The first-order chi connectivity index (χ1) is 7.49. The smallest absolute Gasteiger partial charge is 0.321 e. The molecule has 90 valence electrons. The fraction of sp³-hybridized carbons (Fsp3) is 0.167. The first kappa shape index (κ1) is 17.3. The standard InChI is InChI=1S/C10H13O3P.C2H6/c1-3-5-7-10(6-4-2)8-9-14(11,12)13;1-2/h3-9H,1-2H2,(H2,11,12,13);1-2H3/b7-5-,9-8+,10-6+;. The van der Waals surface area contributed by atoms with Crippen LogP contribution in [0.15, 0.2) is 61.0 Å². The average Bonchev–Trinajstić information content (AvgIpc) is 2.24. The van der Waals surface area contributed by atoms with Crippen molar-refractivity contribution in [2.75, 3.05) is 0 Å². The zero-order valence-electron chi connectivity index (χ0n) is 9.71. The molecule has 0 amide bonds. The van der Waals surface area contributed by atoms with Gasteiger partial charge < -0.3 is 9.79 Å². The minimum Gasteiger partial charge on any atom is -0.321 e. The predicted octanol–water partition coefficient (Wildman–Crippen LogP) is 3.56. The lowest BCUT2D eigenvalue weighted by atomic mass is 10.2. The van der Waals surface area contributed by atoms with Crippen LogP contribution in [0.1, 0.15) is 13.8 Å². The first-order valence-corrected chi connectivity index (χ1v) is 6.54. The van der Waals surface area contributed by atoms with Gasteiger partial charge in [-0.25, -0.2) is 0 Å². The second-order valence-electron chi connectivity index (χ2n) is 2.40. The van der Waals surface area contributed by atoms with Crippen LogP contribution in [0.25, 0.3) is 0 Å². The molecule has 3 nitrogen and oxygen atoms in total. The fourth-order valence-electron chi connectivity index (χ4n) is 0.665. The Bertz CT molecular complexity index is 332. The van der Waals surface area contributed by atoms with Crippen molar-refractivity contribution in [3.8, 4) is 0 Å². The molecule has 0 fully saturated rings. The van der Waals surface area contributed by atoms with Crippen LogP contribution in [-0.4, -0.2) is 9.79 Å². The Morgan fingerprint density at radius 1 is 1.12 bits per heavy atom. The van der Waals surface area contributed by atoms with E-state index in [2.05, 4.69) is 13.2 Å². The molecule has 0 saturated heterocycles. The van der Waals surface area contributed by atoms with E-state index in [4.69, 9.17) is 9.79 Å². The molecular weight excluding hydrogens is 223 g/mol. The summed E-state index contributed by atoms with van der Waals surface area (Å²) in [7, 11) is -4.09. The van der Waals surface area contributed by atoms with Crippen LogP contribution in [0.5, 0.6) is 0 Å². The summed E-state index contributed by atoms with van der Waals surface area (Å²) >= 11 is 0. The molecule has 0 heterocycles. The van der Waals surface area contributed by atoms with Gasteiger partial charge in [0.1, 0.15) is 0 Å². The maximum atomic E-state index is 10.5. The normalized spacial score (nSPS) is 12.4. The van der Waals surface area contributed by atoms with Gasteiger partial charge in [-0.1, -0.05) is 57.4 Å². The largest absolute Gasteiger partial charge is 0.349 e. The highest BCUT2D eigenvalue weighted by molar-refractivity contribution is 7.55. The average molecular weight is 242 g/mol. The molecule has 0 bridgehead atoms. The number of allylic oxidation sites excluding steroid dienone is 7. The van der Waals surface area contributed by atoms with Crippen LogP contribution in [0, 0.1) is 0 Å². The van der Waals surface area contributed by atoms with Gasteiger partial charge in [0.15, 0.2) is 0 Å². The van der Waals surface area contributed by atoms with E-state index in [1.165, 1.54) is 12.2 Å². The first-order valence-electron chi connectivity index (χ1n) is 4.86. The quantitative estimate of drug-likeness (QED) is 0.572. The van der Waals surface area contributed by atoms with Crippen LogP contribution in [0.2, 0.25) is 0 Å². The highest BCUT2D eigenvalue weighted by Crippen LogP contribution is 2.36. The monoisotopic (exact) mass is 242 g/mol. The summed E-state index contributed by atoms with van der Waals surface area (Å²) < 4.78 is 10.5. The summed E-state index contributed by atoms with van der Waals surface area (Å²) in [6.07, 6.45) is 9.41. The molecule has 0 aliphatic rings. The van der Waals surface area contributed by atoms with Crippen molar-refractivity contribution in [1.82, 2.24) is 0 Å². The molecule has 0 aromatic rings. The second-order valence-corrected chi connectivity index (χ2v) is 3.88. The number of rotatable bonds is 5. The van der Waals surface area contributed by atoms with Crippen LogP contribution in [0.4, 0.5) is 0 Å². The van der Waals surface area contributed by atoms with E-state index in [0.717, 1.165) is 5.82 Å². The van der Waals surface area contributed by atoms with Crippen LogP contribution in [-0.2, 0) is 4.57 Å². The predicted molar refractivity (Wildman–Crippen MR) is 70.1 cm³/mol. The Hall–Kier alpha value is -1.15. The van der Waals surface area contributed by atoms with Crippen molar-refractivity contribution in [3.05, 3.63) is 61.0 Å². The third-order valence-electron chi connectivity index (χ3n) is 1.20. The third kappa shape index (κ3) is 12.8. The molecule has 0 rings (SSSR count). The zero-order valence-corrected chi connectivity index (χ0v) is 10.6. The molecule has 0 aromatic heterocycles. The molecule has 16 heavy (non-hydrogen) atoms. The van der Waals surface area contributed by atoms with Gasteiger partial charge in [0.2, 0.25) is 0 Å². The van der Waals surface area contributed by atoms with E-state index < -0.39 is 7.60 Å². The van der Waals surface area contributed by atoms with Crippen molar-refractivity contribution in [1.29, 1.82) is 0 Å². The van der Waals surface area contributed by atoms with E-state index in [1.807, 2.05) is 13.8 Å². The summed E-state index contributed by atoms with van der Waals surface area (Å²) in [5, 5.41) is 0. The minimum atomic E-state index is -4.09. The van der Waals surface area contributed by atoms with Gasteiger partial charge in [0.25, 0.3) is 0 Å². The lowest BCUT2D eigenvalue weighted by molar-refractivity contribution is 0.386. The summed E-state index contributed by atoms with van der Waals surface area (Å²) in [4.78, 5) is 17.2. The second kappa shape index (κ2) is 10.4. The van der Waals surface area contributed by atoms with Gasteiger partial charge in [-0.15, -0.1) is 0 Å². The molecule has 0 aromatic carbocycles. The molecule has 0 saturated carbocycles. The summed E-state index contributed by atoms with van der Waals surface area (Å²) in [5.74, 6) is 0.843. The maximum Gasteiger partial charge on any atom is 0.349 e. The minimum absolute atomic E-state index is 0.642. The molecule has 0 unspecified atom stereocenters. The Morgan fingerprint density at radius 2 is 1.69 bits per heavy atom. The maximum absolute atomic E-state index is 10.5.